The summed E-state index contributed by atoms with van der Waals surface area (Å²) >= 11 is 1.46. The first kappa shape index (κ1) is 22.8. The molecule has 2 saturated heterocycles. The van der Waals surface area contributed by atoms with E-state index in [0.29, 0.717) is 24.4 Å². The summed E-state index contributed by atoms with van der Waals surface area (Å²) in [5.41, 5.74) is 2.95. The number of amides is 2. The SMILES string of the molecule is Cc1nc(-c2ccccc2)sc1C(=O)N1CC[C@@H](C(=O)N2CCCCC2)[C@H](c2ccccc2)C1. The number of aromatic nitrogens is 1. The summed E-state index contributed by atoms with van der Waals surface area (Å²) in [7, 11) is 0. The lowest BCUT2D eigenvalue weighted by molar-refractivity contribution is -0.138. The molecule has 2 amide bonds. The van der Waals surface area contributed by atoms with Crippen LogP contribution in [0.5, 0.6) is 0 Å². The molecule has 3 aromatic rings. The fourth-order valence-electron chi connectivity index (χ4n) is 5.26. The van der Waals surface area contributed by atoms with Gasteiger partial charge in [0.25, 0.3) is 5.91 Å². The minimum atomic E-state index is -0.0769. The van der Waals surface area contributed by atoms with Crippen molar-refractivity contribution >= 4 is 23.2 Å². The summed E-state index contributed by atoms with van der Waals surface area (Å²) in [5, 5.41) is 0.872. The molecule has 0 unspecified atom stereocenters. The van der Waals surface area contributed by atoms with Crippen LogP contribution in [0.3, 0.4) is 0 Å². The van der Waals surface area contributed by atoms with Gasteiger partial charge in [0.15, 0.2) is 0 Å². The quantitative estimate of drug-likeness (QED) is 0.511. The lowest BCUT2D eigenvalue weighted by Crippen LogP contribution is -2.49. The van der Waals surface area contributed by atoms with E-state index in [-0.39, 0.29) is 23.7 Å². The maximum Gasteiger partial charge on any atom is 0.265 e. The molecule has 176 valence electrons. The van der Waals surface area contributed by atoms with E-state index in [1.807, 2.05) is 60.4 Å². The first-order valence-electron chi connectivity index (χ1n) is 12.3. The lowest BCUT2D eigenvalue weighted by atomic mass is 9.79. The Morgan fingerprint density at radius 1 is 0.882 bits per heavy atom. The average molecular weight is 474 g/mol. The number of aryl methyl sites for hydroxylation is 1. The number of carbonyl (C=O) groups is 2. The van der Waals surface area contributed by atoms with Crippen LogP contribution >= 0.6 is 11.3 Å². The van der Waals surface area contributed by atoms with Gasteiger partial charge >= 0.3 is 0 Å². The Morgan fingerprint density at radius 2 is 1.56 bits per heavy atom. The van der Waals surface area contributed by atoms with E-state index in [1.54, 1.807) is 0 Å². The number of piperidine rings is 2. The summed E-state index contributed by atoms with van der Waals surface area (Å²) in [6, 6.07) is 20.3. The van der Waals surface area contributed by atoms with Gasteiger partial charge in [0.2, 0.25) is 5.91 Å². The van der Waals surface area contributed by atoms with Gasteiger partial charge in [0.1, 0.15) is 9.88 Å². The molecule has 2 fully saturated rings. The van der Waals surface area contributed by atoms with Crippen LogP contribution in [0.2, 0.25) is 0 Å². The molecule has 0 bridgehead atoms. The van der Waals surface area contributed by atoms with Crippen LogP contribution in [0.4, 0.5) is 0 Å². The van der Waals surface area contributed by atoms with E-state index in [0.717, 1.165) is 47.8 Å². The first-order valence-corrected chi connectivity index (χ1v) is 13.1. The maximum atomic E-state index is 13.6. The summed E-state index contributed by atoms with van der Waals surface area (Å²) in [6.45, 7) is 4.80. The number of nitrogens with zero attached hydrogens (tertiary/aromatic N) is 3. The minimum Gasteiger partial charge on any atom is -0.342 e. The molecule has 2 aromatic carbocycles. The number of carbonyl (C=O) groups excluding carboxylic acids is 2. The van der Waals surface area contributed by atoms with Crippen LogP contribution in [0, 0.1) is 12.8 Å². The highest BCUT2D eigenvalue weighted by atomic mass is 32.1. The molecular formula is C28H31N3O2S. The Hall–Kier alpha value is -2.99. The number of hydrogen-bond donors (Lipinski definition) is 0. The van der Waals surface area contributed by atoms with Crippen LogP contribution in [0.1, 0.15) is 52.5 Å². The highest BCUT2D eigenvalue weighted by molar-refractivity contribution is 7.17. The summed E-state index contributed by atoms with van der Waals surface area (Å²) in [5.74, 6) is 0.227. The molecule has 5 rings (SSSR count). The zero-order valence-corrected chi connectivity index (χ0v) is 20.5. The number of thiazole rings is 1. The van der Waals surface area contributed by atoms with Gasteiger partial charge in [-0.2, -0.15) is 0 Å². The first-order chi connectivity index (χ1) is 16.6. The Morgan fingerprint density at radius 3 is 2.26 bits per heavy atom. The third-order valence-electron chi connectivity index (χ3n) is 7.12. The molecule has 0 aliphatic carbocycles. The average Bonchev–Trinajstić information content (AvgIpc) is 3.30. The standard InChI is InChI=1S/C28H31N3O2S/c1-20-25(34-26(29-20)22-13-7-3-8-14-22)28(33)31-18-15-23(27(32)30-16-9-4-10-17-30)24(19-31)21-11-5-2-6-12-21/h2-3,5-8,11-14,23-24H,4,9-10,15-19H2,1H3/t23-,24+/m1/s1. The van der Waals surface area contributed by atoms with Gasteiger partial charge in [-0.15, -0.1) is 11.3 Å². The van der Waals surface area contributed by atoms with Gasteiger partial charge < -0.3 is 9.80 Å². The highest BCUT2D eigenvalue weighted by Crippen LogP contribution is 2.36. The number of hydrogen-bond acceptors (Lipinski definition) is 4. The van der Waals surface area contributed by atoms with Gasteiger partial charge in [-0.25, -0.2) is 4.98 Å². The number of benzene rings is 2. The smallest absolute Gasteiger partial charge is 0.265 e. The minimum absolute atomic E-state index is 0.00940. The number of likely N-dealkylation sites (tertiary alicyclic amines) is 2. The molecular weight excluding hydrogens is 442 g/mol. The van der Waals surface area contributed by atoms with Gasteiger partial charge in [0, 0.05) is 43.6 Å². The van der Waals surface area contributed by atoms with E-state index < -0.39 is 0 Å². The lowest BCUT2D eigenvalue weighted by Gasteiger charge is -2.40. The van der Waals surface area contributed by atoms with Crippen molar-refractivity contribution in [2.75, 3.05) is 26.2 Å². The predicted molar refractivity (Wildman–Crippen MR) is 136 cm³/mol. The van der Waals surface area contributed by atoms with Gasteiger partial charge in [0.05, 0.1) is 5.69 Å². The van der Waals surface area contributed by atoms with Crippen molar-refractivity contribution < 1.29 is 9.59 Å². The van der Waals surface area contributed by atoms with Crippen molar-refractivity contribution in [3.63, 3.8) is 0 Å². The third-order valence-corrected chi connectivity index (χ3v) is 8.32. The predicted octanol–water partition coefficient (Wildman–Crippen LogP) is 5.38. The molecule has 0 N–H and O–H groups in total. The second-order valence-corrected chi connectivity index (χ2v) is 10.3. The van der Waals surface area contributed by atoms with Crippen LogP contribution < -0.4 is 0 Å². The molecule has 2 aliphatic heterocycles. The topological polar surface area (TPSA) is 53.5 Å². The van der Waals surface area contributed by atoms with Crippen molar-refractivity contribution in [2.45, 2.75) is 38.5 Å². The Kier molecular flexibility index (Phi) is 6.77. The zero-order chi connectivity index (χ0) is 23.5. The highest BCUT2D eigenvalue weighted by Gasteiger charge is 2.39. The molecule has 0 saturated carbocycles. The molecule has 2 atom stereocenters. The Labute approximate surface area is 205 Å². The fraction of sp³-hybridized carbons (Fsp3) is 0.393. The molecule has 2 aliphatic rings. The van der Waals surface area contributed by atoms with E-state index >= 15 is 0 Å². The zero-order valence-electron chi connectivity index (χ0n) is 19.7. The molecule has 3 heterocycles. The van der Waals surface area contributed by atoms with Crippen LogP contribution in [0.15, 0.2) is 60.7 Å². The molecule has 6 heteroatoms. The Bertz CT molecular complexity index is 1140. The largest absolute Gasteiger partial charge is 0.342 e. The van der Waals surface area contributed by atoms with Crippen LogP contribution in [0.25, 0.3) is 10.6 Å². The maximum absolute atomic E-state index is 13.6. The van der Waals surface area contributed by atoms with E-state index in [9.17, 15) is 9.59 Å². The van der Waals surface area contributed by atoms with Crippen molar-refractivity contribution in [1.82, 2.24) is 14.8 Å². The van der Waals surface area contributed by atoms with E-state index in [1.165, 1.54) is 17.8 Å². The van der Waals surface area contributed by atoms with Gasteiger partial charge in [-0.05, 0) is 38.2 Å². The van der Waals surface area contributed by atoms with E-state index in [4.69, 9.17) is 0 Å². The van der Waals surface area contributed by atoms with Gasteiger partial charge in [-0.3, -0.25) is 9.59 Å². The van der Waals surface area contributed by atoms with Crippen molar-refractivity contribution in [3.8, 4) is 10.6 Å². The normalized spacial score (nSPS) is 20.9. The monoisotopic (exact) mass is 473 g/mol. The van der Waals surface area contributed by atoms with Gasteiger partial charge in [-0.1, -0.05) is 60.7 Å². The van der Waals surface area contributed by atoms with Crippen LogP contribution in [-0.4, -0.2) is 52.8 Å². The summed E-state index contributed by atoms with van der Waals surface area (Å²) in [4.78, 5) is 36.5. The second kappa shape index (κ2) is 10.1. The molecule has 0 spiro atoms. The van der Waals surface area contributed by atoms with Crippen LogP contribution in [-0.2, 0) is 4.79 Å². The van der Waals surface area contributed by atoms with Crippen molar-refractivity contribution in [1.29, 1.82) is 0 Å². The summed E-state index contributed by atoms with van der Waals surface area (Å²) < 4.78 is 0. The fourth-order valence-corrected chi connectivity index (χ4v) is 6.30. The number of rotatable bonds is 4. The molecule has 5 nitrogen and oxygen atoms in total. The van der Waals surface area contributed by atoms with Crippen molar-refractivity contribution in [3.05, 3.63) is 76.8 Å². The van der Waals surface area contributed by atoms with E-state index in [2.05, 4.69) is 22.0 Å². The molecule has 0 radical (unpaired) electrons. The second-order valence-electron chi connectivity index (χ2n) is 9.35. The molecule has 1 aromatic heterocycles. The Balaban J connectivity index is 1.39. The summed E-state index contributed by atoms with van der Waals surface area (Å²) in [6.07, 6.45) is 4.09. The molecule has 34 heavy (non-hydrogen) atoms. The third kappa shape index (κ3) is 4.64. The van der Waals surface area contributed by atoms with Crippen molar-refractivity contribution in [2.24, 2.45) is 5.92 Å².